The molecule has 4 heterocycles. The van der Waals surface area contributed by atoms with E-state index in [2.05, 4.69) is 51.0 Å². The molecule has 4 aliphatic heterocycles. The Balaban J connectivity index is 0. The molecule has 10 rings (SSSR count). The van der Waals surface area contributed by atoms with Crippen molar-refractivity contribution in [3.63, 3.8) is 0 Å². The Morgan fingerprint density at radius 2 is 0.788 bits per heavy atom. The molecule has 0 aliphatic carbocycles. The summed E-state index contributed by atoms with van der Waals surface area (Å²) >= 11 is 19.8. The fourth-order valence-corrected chi connectivity index (χ4v) is 9.73. The third kappa shape index (κ3) is 47.7. The maximum atomic E-state index is 13.6. The van der Waals surface area contributed by atoms with E-state index in [0.717, 1.165) is 97.1 Å². The Bertz CT molecular complexity index is 4400. The molecule has 642 valence electrons. The summed E-state index contributed by atoms with van der Waals surface area (Å²) in [6, 6.07) is 21.4. The van der Waals surface area contributed by atoms with Gasteiger partial charge in [0, 0.05) is 6.42 Å². The van der Waals surface area contributed by atoms with Gasteiger partial charge < -0.3 is 35.7 Å². The van der Waals surface area contributed by atoms with Crippen LogP contribution in [0.15, 0.2) is 132 Å². The number of nitrogens with zero attached hydrogens (tertiary/aromatic N) is 4. The van der Waals surface area contributed by atoms with Crippen molar-refractivity contribution in [2.45, 2.75) is 123 Å². The van der Waals surface area contributed by atoms with Crippen LogP contribution in [0.2, 0.25) is 0 Å². The fourth-order valence-electron chi connectivity index (χ4n) is 8.61. The first-order valence-electron chi connectivity index (χ1n) is 34.0. The molecule has 0 aromatic heterocycles. The number of carbonyl (C=O) groups excluding carboxylic acids is 9. The largest absolute Gasteiger partial charge is 1.00 e. The molecule has 4 saturated heterocycles. The fraction of sp³-hybridized carbons (Fsp3) is 0.372. The first kappa shape index (κ1) is 109. The second kappa shape index (κ2) is 53.7. The number of ether oxygens (including phenoxy) is 5. The molecule has 6 aromatic carbocycles. The van der Waals surface area contributed by atoms with Crippen LogP contribution in [0, 0.1) is 82.9 Å². The van der Waals surface area contributed by atoms with Crippen LogP contribution in [0.4, 0.5) is 63.1 Å². The monoisotopic (exact) mass is 1780 g/mol. The number of nitrogens with one attached hydrogen (secondary N) is 3. The molecule has 4 aliphatic rings. The van der Waals surface area contributed by atoms with E-state index in [1.165, 1.54) is 52.1 Å². The van der Waals surface area contributed by atoms with E-state index in [9.17, 15) is 95.5 Å². The van der Waals surface area contributed by atoms with E-state index in [-0.39, 0.29) is 78.3 Å². The molecule has 2 amide bonds. The van der Waals surface area contributed by atoms with Gasteiger partial charge in [0.25, 0.3) is 10.1 Å². The molecule has 1 unspecified atom stereocenters. The molecule has 0 radical (unpaired) electrons. The van der Waals surface area contributed by atoms with E-state index in [1.807, 2.05) is 4.84 Å². The standard InChI is InChI=1S/C16H17F2NO3.C13H15F2NO3.C10H18O5.C9H8O3S.C8H6ClF2NO.C8H5ClF2O.C6H4F2.C6H12N4.C2H2Cl2O.Na.H/c1-5-6-13(19-15(21)22-16(2,3)4)14(20)11-9-10(17)7-8-12(11)18;1-13(2,3)19-12(18)16-7-11(17)9-6-8(14)4-5-10(9)15;1-9(2,3)14-7(11)13-8(12)15-10(4,5)6;1-2-8-12-13(10,11)9-6-4-3-5-7-9;9-12-4-8(13)6-3-5(10)1-2-7(6)11;9-4-8(12)6-3-5(10)1-2-7(6)11;7-5-1-2-6(8)4-3-5;1-7-2-9-4-8(1)5-10(3-7)6-9;3-1-2(4)5;;/h1,7-9,13H,6H2,2-4H3,(H,19,21);4-6H,7H2,1-3H3,(H,16,18);1-6H3;1,3-7H,8H2;1-3,12H,4H2;1-3H,4H2;1-4H;1-6H2;1H2;;/q;;;;;;;;;+1;-1. The number of halogens is 14. The third-order valence-corrected chi connectivity index (χ3v) is 15.1. The Kier molecular flexibility index (Phi) is 49.7. The number of Topliss-reactive ketones (excluding diaryl/α,β-unsaturated/α-hetero) is 4. The number of benzene rings is 6. The molecule has 6 aromatic rings. The first-order chi connectivity index (χ1) is 54.2. The summed E-state index contributed by atoms with van der Waals surface area (Å²) in [6.07, 6.45) is 6.08. The number of hydrogen-bond acceptors (Lipinski definition) is 22. The zero-order chi connectivity index (χ0) is 89.4. The van der Waals surface area contributed by atoms with Gasteiger partial charge in [-0.05, 0) is 216 Å². The Morgan fingerprint density at radius 1 is 0.466 bits per heavy atom. The third-order valence-electron chi connectivity index (χ3n) is 12.9. The van der Waals surface area contributed by atoms with Crippen LogP contribution in [-0.2, 0) is 42.8 Å². The van der Waals surface area contributed by atoms with E-state index >= 15 is 0 Å². The van der Waals surface area contributed by atoms with Crippen molar-refractivity contribution in [1.29, 1.82) is 0 Å². The van der Waals surface area contributed by atoms with E-state index in [0.29, 0.717) is 0 Å². The second-order valence-electron chi connectivity index (χ2n) is 27.8. The van der Waals surface area contributed by atoms with Gasteiger partial charge in [0.15, 0.2) is 23.1 Å². The topological polar surface area (TPSA) is 292 Å². The van der Waals surface area contributed by atoms with Crippen molar-refractivity contribution in [2.75, 3.05) is 71.5 Å². The minimum Gasteiger partial charge on any atom is -1.00 e. The number of terminal acetylenes is 2. The molecule has 0 spiro atoms. The van der Waals surface area contributed by atoms with Crippen LogP contribution in [-0.4, -0.2) is 181 Å². The minimum atomic E-state index is -3.66. The number of rotatable bonds is 16. The number of carbonyl (C=O) groups is 9. The van der Waals surface area contributed by atoms with Crippen LogP contribution in [0.3, 0.4) is 0 Å². The van der Waals surface area contributed by atoms with Crippen LogP contribution < -0.4 is 45.0 Å². The molecule has 24 nitrogen and oxygen atoms in total. The first-order valence-corrected chi connectivity index (χ1v) is 37.3. The van der Waals surface area contributed by atoms with Crippen molar-refractivity contribution in [1.82, 2.24) is 35.1 Å². The normalized spacial score (nSPS) is 14.7. The van der Waals surface area contributed by atoms with Crippen molar-refractivity contribution >= 4 is 110 Å². The smallest absolute Gasteiger partial charge is 1.00 e. The van der Waals surface area contributed by atoms with Gasteiger partial charge in [-0.2, -0.15) is 8.42 Å². The number of alkyl halides is 2. The average Bonchev–Trinajstić information content (AvgIpc) is 0.789. The summed E-state index contributed by atoms with van der Waals surface area (Å²) in [5.41, 5.74) is -4.33. The molecule has 1 atom stereocenters. The van der Waals surface area contributed by atoms with Crippen molar-refractivity contribution in [2.24, 2.45) is 0 Å². The Labute approximate surface area is 721 Å². The minimum absolute atomic E-state index is 0. The summed E-state index contributed by atoms with van der Waals surface area (Å²) < 4.78 is 178. The van der Waals surface area contributed by atoms with Gasteiger partial charge in [0.1, 0.15) is 93.2 Å². The Morgan fingerprint density at radius 3 is 1.11 bits per heavy atom. The van der Waals surface area contributed by atoms with Gasteiger partial charge in [-0.25, -0.2) is 67.9 Å². The number of hydrogen-bond donors (Lipinski definition) is 3. The summed E-state index contributed by atoms with van der Waals surface area (Å²) in [7, 11) is -3.66. The van der Waals surface area contributed by atoms with E-state index in [4.69, 9.17) is 78.4 Å². The maximum Gasteiger partial charge on any atom is 1.00 e. The quantitative estimate of drug-likeness (QED) is 0.00693. The average molecular weight is 1780 g/mol. The van der Waals surface area contributed by atoms with Crippen LogP contribution in [0.1, 0.15) is 132 Å². The van der Waals surface area contributed by atoms with Crippen LogP contribution >= 0.6 is 46.6 Å². The second-order valence-corrected chi connectivity index (χ2v) is 30.6. The zero-order valence-electron chi connectivity index (χ0n) is 67.3. The molecular weight excluding hydrogens is 1690 g/mol. The number of alkyl carbamates (subject to hydrolysis) is 2. The van der Waals surface area contributed by atoms with E-state index < -0.39 is 167 Å². The molecule has 0 saturated carbocycles. The molecule has 4 fully saturated rings. The summed E-state index contributed by atoms with van der Waals surface area (Å²) in [6.45, 7) is 26.2. The summed E-state index contributed by atoms with van der Waals surface area (Å²) in [5.74, 6) is -5.73. The SMILES string of the molecule is C#CCC(NC(=O)OC(C)(C)C)C(=O)c1cc(F)ccc1F.C#CCOS(=O)(=O)c1ccccc1.C1N2CN3CN1CN(C2)C3.CC(C)(C)OC(=O)NCC(=O)c1cc(F)ccc1F.CC(C)(C)OC(=O)OC(=O)OC(C)(C)C.Fc1ccc(F)cc1.O=C(CCl)c1cc(F)ccc1F.O=C(CNCl)c1cc(F)ccc1F.O=C(Cl)CCl.[H-].[Na+]. The molecule has 118 heavy (non-hydrogen) atoms. The number of ketones is 4. The molecule has 4 bridgehead atoms. The van der Waals surface area contributed by atoms with Crippen LogP contribution in [0.5, 0.6) is 0 Å². The molecule has 3 N–H and O–H groups in total. The summed E-state index contributed by atoms with van der Waals surface area (Å²) in [5, 5.41) is 3.95. The van der Waals surface area contributed by atoms with Crippen molar-refractivity contribution < 1.29 is 154 Å². The number of amides is 2. The predicted molar refractivity (Wildman–Crippen MR) is 416 cm³/mol. The van der Waals surface area contributed by atoms with Gasteiger partial charge in [0.05, 0.1) is 92.0 Å². The van der Waals surface area contributed by atoms with E-state index in [1.54, 1.807) is 101 Å². The molecular formula is C78H88Cl4F10N7NaO17S. The molecule has 40 heteroatoms. The van der Waals surface area contributed by atoms with Crippen LogP contribution in [0.25, 0.3) is 0 Å². The summed E-state index contributed by atoms with van der Waals surface area (Å²) in [4.78, 5) is 112. The van der Waals surface area contributed by atoms with Gasteiger partial charge in [-0.15, -0.1) is 42.0 Å². The van der Waals surface area contributed by atoms with Gasteiger partial charge >= 0.3 is 54.1 Å². The van der Waals surface area contributed by atoms with Crippen molar-refractivity contribution in [3.05, 3.63) is 208 Å². The van der Waals surface area contributed by atoms with Gasteiger partial charge in [0.2, 0.25) is 5.24 Å². The van der Waals surface area contributed by atoms with Crippen molar-refractivity contribution in [3.8, 4) is 24.7 Å². The predicted octanol–water partition coefficient (Wildman–Crippen LogP) is 13.0. The Hall–Kier alpha value is -8.76. The van der Waals surface area contributed by atoms with Gasteiger partial charge in [-0.1, -0.05) is 24.1 Å². The maximum absolute atomic E-state index is 13.6. The van der Waals surface area contributed by atoms with Gasteiger partial charge in [-0.3, -0.25) is 47.8 Å². The zero-order valence-corrected chi connectivity index (χ0v) is 72.1.